The minimum absolute atomic E-state index is 0.123. The molecule has 1 fully saturated rings. The second-order valence-electron chi connectivity index (χ2n) is 6.91. The van der Waals surface area contributed by atoms with Gasteiger partial charge < -0.3 is 9.47 Å². The largest absolute Gasteiger partial charge is 0.350 e. The third-order valence-corrected chi connectivity index (χ3v) is 5.82. The highest BCUT2D eigenvalue weighted by molar-refractivity contribution is 5.20. The van der Waals surface area contributed by atoms with Gasteiger partial charge in [0.2, 0.25) is 0 Å². The molecule has 24 heavy (non-hydrogen) atoms. The SMILES string of the molecule is CCOC1(OCC)CCN([C@@H](C)c2ccccc2)C(CC)(CC)C1. The van der Waals surface area contributed by atoms with Gasteiger partial charge in [0.05, 0.1) is 0 Å². The van der Waals surface area contributed by atoms with Gasteiger partial charge in [-0.1, -0.05) is 44.2 Å². The van der Waals surface area contributed by atoms with Crippen LogP contribution in [0.5, 0.6) is 0 Å². The van der Waals surface area contributed by atoms with E-state index in [1.54, 1.807) is 0 Å². The van der Waals surface area contributed by atoms with Crippen molar-refractivity contribution in [2.24, 2.45) is 0 Å². The molecule has 0 spiro atoms. The molecule has 136 valence electrons. The summed E-state index contributed by atoms with van der Waals surface area (Å²) < 4.78 is 12.3. The van der Waals surface area contributed by atoms with Crippen LogP contribution in [0.15, 0.2) is 30.3 Å². The predicted molar refractivity (Wildman–Crippen MR) is 100 cm³/mol. The van der Waals surface area contributed by atoms with Crippen LogP contribution >= 0.6 is 0 Å². The lowest BCUT2D eigenvalue weighted by molar-refractivity contribution is -0.277. The van der Waals surface area contributed by atoms with E-state index in [1.807, 2.05) is 0 Å². The Labute approximate surface area is 148 Å². The van der Waals surface area contributed by atoms with Crippen molar-refractivity contribution in [3.8, 4) is 0 Å². The van der Waals surface area contributed by atoms with Gasteiger partial charge in [0.25, 0.3) is 0 Å². The van der Waals surface area contributed by atoms with E-state index in [0.29, 0.717) is 19.3 Å². The number of ether oxygens (including phenoxy) is 2. The number of hydrogen-bond donors (Lipinski definition) is 0. The van der Waals surface area contributed by atoms with Crippen LogP contribution in [0.2, 0.25) is 0 Å². The fourth-order valence-corrected chi connectivity index (χ4v) is 4.46. The predicted octanol–water partition coefficient (Wildman–Crippen LogP) is 5.17. The Kier molecular flexibility index (Phi) is 6.85. The highest BCUT2D eigenvalue weighted by atomic mass is 16.7. The van der Waals surface area contributed by atoms with E-state index in [-0.39, 0.29) is 5.54 Å². The summed E-state index contributed by atoms with van der Waals surface area (Å²) in [7, 11) is 0. The zero-order chi connectivity index (χ0) is 17.6. The summed E-state index contributed by atoms with van der Waals surface area (Å²) in [6.45, 7) is 13.5. The number of likely N-dealkylation sites (tertiary alicyclic amines) is 1. The number of hydrogen-bond acceptors (Lipinski definition) is 3. The molecule has 0 amide bonds. The first-order valence-electron chi connectivity index (χ1n) is 9.66. The lowest BCUT2D eigenvalue weighted by Gasteiger charge is -2.55. The van der Waals surface area contributed by atoms with Crippen LogP contribution < -0.4 is 0 Å². The molecule has 1 aromatic rings. The topological polar surface area (TPSA) is 21.7 Å². The summed E-state index contributed by atoms with van der Waals surface area (Å²) in [5, 5.41) is 0. The van der Waals surface area contributed by atoms with Gasteiger partial charge >= 0.3 is 0 Å². The third-order valence-electron chi connectivity index (χ3n) is 5.82. The van der Waals surface area contributed by atoms with Gasteiger partial charge in [-0.05, 0) is 39.2 Å². The number of nitrogens with zero attached hydrogens (tertiary/aromatic N) is 1. The van der Waals surface area contributed by atoms with Gasteiger partial charge in [-0.25, -0.2) is 0 Å². The zero-order valence-corrected chi connectivity index (χ0v) is 16.2. The van der Waals surface area contributed by atoms with Crippen LogP contribution in [0.4, 0.5) is 0 Å². The summed E-state index contributed by atoms with van der Waals surface area (Å²) >= 11 is 0. The quantitative estimate of drug-likeness (QED) is 0.612. The third kappa shape index (κ3) is 3.84. The molecule has 1 aliphatic rings. The van der Waals surface area contributed by atoms with E-state index in [9.17, 15) is 0 Å². The van der Waals surface area contributed by atoms with Crippen LogP contribution in [-0.4, -0.2) is 36.0 Å². The van der Waals surface area contributed by atoms with Crippen LogP contribution in [-0.2, 0) is 9.47 Å². The summed E-state index contributed by atoms with van der Waals surface area (Å²) in [6, 6.07) is 11.3. The van der Waals surface area contributed by atoms with Crippen molar-refractivity contribution in [3.63, 3.8) is 0 Å². The average molecular weight is 334 g/mol. The first kappa shape index (κ1) is 19.4. The van der Waals surface area contributed by atoms with Crippen LogP contribution in [0.25, 0.3) is 0 Å². The summed E-state index contributed by atoms with van der Waals surface area (Å²) in [5.74, 6) is -0.414. The molecule has 1 aliphatic heterocycles. The Morgan fingerprint density at radius 1 is 1.00 bits per heavy atom. The Morgan fingerprint density at radius 3 is 2.08 bits per heavy atom. The average Bonchev–Trinajstić information content (AvgIpc) is 2.62. The van der Waals surface area contributed by atoms with Gasteiger partial charge in [-0.3, -0.25) is 4.90 Å². The van der Waals surface area contributed by atoms with Gasteiger partial charge in [0, 0.05) is 44.2 Å². The fraction of sp³-hybridized carbons (Fsp3) is 0.714. The molecule has 1 saturated heterocycles. The normalized spacial score (nSPS) is 21.5. The maximum absolute atomic E-state index is 6.15. The van der Waals surface area contributed by atoms with Gasteiger partial charge in [0.15, 0.2) is 5.79 Å². The van der Waals surface area contributed by atoms with Crippen molar-refractivity contribution >= 4 is 0 Å². The molecule has 3 nitrogen and oxygen atoms in total. The molecule has 3 heteroatoms. The molecule has 1 atom stereocenters. The molecule has 0 saturated carbocycles. The standard InChI is InChI=1S/C21H35NO2/c1-6-20(7-2)17-21(23-8-3,24-9-4)15-16-22(20)18(5)19-13-11-10-12-14-19/h10-14,18H,6-9,15-17H2,1-5H3/t18-/m0/s1. The smallest absolute Gasteiger partial charge is 0.171 e. The van der Waals surface area contributed by atoms with Crippen LogP contribution in [0.1, 0.15) is 71.9 Å². The second-order valence-corrected chi connectivity index (χ2v) is 6.91. The lowest BCUT2D eigenvalue weighted by Crippen LogP contribution is -2.61. The summed E-state index contributed by atoms with van der Waals surface area (Å²) in [6.07, 6.45) is 4.12. The van der Waals surface area contributed by atoms with Crippen molar-refractivity contribution in [3.05, 3.63) is 35.9 Å². The molecular weight excluding hydrogens is 298 g/mol. The molecule has 0 N–H and O–H groups in total. The Bertz CT molecular complexity index is 478. The summed E-state index contributed by atoms with van der Waals surface area (Å²) in [5.41, 5.74) is 1.52. The molecule has 0 aromatic heterocycles. The molecule has 0 bridgehead atoms. The maximum atomic E-state index is 6.15. The Morgan fingerprint density at radius 2 is 1.58 bits per heavy atom. The van der Waals surface area contributed by atoms with Crippen molar-refractivity contribution < 1.29 is 9.47 Å². The lowest BCUT2D eigenvalue weighted by atomic mass is 9.77. The van der Waals surface area contributed by atoms with E-state index in [2.05, 4.69) is 69.9 Å². The van der Waals surface area contributed by atoms with Crippen molar-refractivity contribution in [2.45, 2.75) is 77.7 Å². The number of benzene rings is 1. The van der Waals surface area contributed by atoms with Gasteiger partial charge in [0.1, 0.15) is 0 Å². The molecule has 0 unspecified atom stereocenters. The zero-order valence-electron chi connectivity index (χ0n) is 16.2. The van der Waals surface area contributed by atoms with Crippen molar-refractivity contribution in [1.29, 1.82) is 0 Å². The van der Waals surface area contributed by atoms with E-state index in [4.69, 9.17) is 9.47 Å². The highest BCUT2D eigenvalue weighted by Gasteiger charge is 2.50. The molecule has 1 heterocycles. The minimum Gasteiger partial charge on any atom is -0.350 e. The first-order valence-corrected chi connectivity index (χ1v) is 9.66. The molecule has 1 aromatic carbocycles. The fourth-order valence-electron chi connectivity index (χ4n) is 4.46. The van der Waals surface area contributed by atoms with Gasteiger partial charge in [-0.15, -0.1) is 0 Å². The first-order chi connectivity index (χ1) is 11.6. The maximum Gasteiger partial charge on any atom is 0.171 e. The Hall–Kier alpha value is -0.900. The molecule has 0 aliphatic carbocycles. The van der Waals surface area contributed by atoms with Crippen molar-refractivity contribution in [1.82, 2.24) is 4.90 Å². The van der Waals surface area contributed by atoms with Crippen LogP contribution in [0, 0.1) is 0 Å². The van der Waals surface area contributed by atoms with Crippen LogP contribution in [0.3, 0.4) is 0 Å². The monoisotopic (exact) mass is 333 g/mol. The van der Waals surface area contributed by atoms with E-state index in [1.165, 1.54) is 5.56 Å². The second kappa shape index (κ2) is 8.46. The number of rotatable bonds is 8. The molecule has 0 radical (unpaired) electrons. The van der Waals surface area contributed by atoms with Gasteiger partial charge in [-0.2, -0.15) is 0 Å². The van der Waals surface area contributed by atoms with E-state index < -0.39 is 5.79 Å². The van der Waals surface area contributed by atoms with Crippen molar-refractivity contribution in [2.75, 3.05) is 19.8 Å². The number of piperidine rings is 1. The molecular formula is C21H35NO2. The molecule has 2 rings (SSSR count). The van der Waals surface area contributed by atoms with E-state index >= 15 is 0 Å². The summed E-state index contributed by atoms with van der Waals surface area (Å²) in [4.78, 5) is 2.69. The minimum atomic E-state index is -0.414. The Balaban J connectivity index is 2.30. The highest BCUT2D eigenvalue weighted by Crippen LogP contribution is 2.45. The van der Waals surface area contributed by atoms with E-state index in [0.717, 1.165) is 32.2 Å².